The number of allylic oxidation sites excluding steroid dienone is 2. The highest BCUT2D eigenvalue weighted by Gasteiger charge is 2.43. The van der Waals surface area contributed by atoms with Crippen molar-refractivity contribution in [1.82, 2.24) is 0 Å². The van der Waals surface area contributed by atoms with Crippen LogP contribution >= 0.6 is 0 Å². The lowest BCUT2D eigenvalue weighted by Crippen LogP contribution is -2.59. The molecule has 0 spiro atoms. The Balaban J connectivity index is 2.44. The highest BCUT2D eigenvalue weighted by atomic mass is 32.2. The van der Waals surface area contributed by atoms with Crippen LogP contribution in [-0.2, 0) is 14.9 Å². The fourth-order valence-corrected chi connectivity index (χ4v) is 4.69. The number of amidine groups is 1. The number of ketones is 1. The molecule has 1 aliphatic rings. The predicted octanol–water partition coefficient (Wildman–Crippen LogP) is 2.50. The van der Waals surface area contributed by atoms with Crippen molar-refractivity contribution in [1.29, 1.82) is 0 Å². The number of nitrogens with zero attached hydrogens (tertiary/aromatic N) is 2. The van der Waals surface area contributed by atoms with Gasteiger partial charge in [-0.3, -0.25) is 13.8 Å². The number of unbranched alkanes of at least 4 members (excludes halogenated alkanes) is 7. The van der Waals surface area contributed by atoms with E-state index in [-0.39, 0.29) is 30.0 Å². The fourth-order valence-electron chi connectivity index (χ4n) is 4.09. The Morgan fingerprint density at radius 1 is 1.13 bits per heavy atom. The Morgan fingerprint density at radius 2 is 1.77 bits per heavy atom. The molecule has 1 heterocycles. The van der Waals surface area contributed by atoms with Gasteiger partial charge in [-0.25, -0.2) is 4.99 Å². The largest absolute Gasteiger partial charge is 0.390 e. The Morgan fingerprint density at radius 3 is 2.39 bits per heavy atom. The molecule has 3 N–H and O–H groups in total. The lowest BCUT2D eigenvalue weighted by molar-refractivity contribution is -0.837. The second-order valence-electron chi connectivity index (χ2n) is 8.45. The SMILES string of the molecule is CCCCCCC/C=C/CCCCC(=O)C1=NCC[N+]1(CCO)CC(O)CS(=O)(=O)O. The molecule has 0 aromatic carbocycles. The van der Waals surface area contributed by atoms with Crippen LogP contribution in [0, 0.1) is 0 Å². The topological polar surface area (TPSA) is 124 Å². The van der Waals surface area contributed by atoms with Gasteiger partial charge in [-0.1, -0.05) is 44.8 Å². The molecule has 8 nitrogen and oxygen atoms in total. The summed E-state index contributed by atoms with van der Waals surface area (Å²) >= 11 is 0. The molecule has 0 saturated heterocycles. The summed E-state index contributed by atoms with van der Waals surface area (Å²) in [4.78, 5) is 17.1. The number of aliphatic hydroxyl groups excluding tert-OH is 2. The van der Waals surface area contributed by atoms with Gasteiger partial charge in [0.15, 0.2) is 0 Å². The maximum atomic E-state index is 12.8. The van der Waals surface area contributed by atoms with E-state index in [0.717, 1.165) is 25.7 Å². The van der Waals surface area contributed by atoms with Gasteiger partial charge in [-0.05, 0) is 32.1 Å². The van der Waals surface area contributed by atoms with Gasteiger partial charge < -0.3 is 10.2 Å². The number of carbonyl (C=O) groups is 1. The van der Waals surface area contributed by atoms with Crippen LogP contribution in [-0.4, -0.2) is 83.9 Å². The minimum absolute atomic E-state index is 0.0377. The first kappa shape index (κ1) is 27.9. The number of aliphatic imine (C=N–C) groups is 1. The Hall–Kier alpha value is -1.13. The summed E-state index contributed by atoms with van der Waals surface area (Å²) in [6, 6.07) is 0. The highest BCUT2D eigenvalue weighted by Crippen LogP contribution is 2.19. The Labute approximate surface area is 187 Å². The highest BCUT2D eigenvalue weighted by molar-refractivity contribution is 7.85. The van der Waals surface area contributed by atoms with E-state index < -0.39 is 22.0 Å². The molecular weight excluding hydrogens is 420 g/mol. The summed E-state index contributed by atoms with van der Waals surface area (Å²) in [6.07, 6.45) is 13.4. The lowest BCUT2D eigenvalue weighted by atomic mass is 10.1. The molecule has 180 valence electrons. The predicted molar refractivity (Wildman–Crippen MR) is 123 cm³/mol. The van der Waals surface area contributed by atoms with Crippen molar-refractivity contribution < 1.29 is 32.5 Å². The van der Waals surface area contributed by atoms with E-state index >= 15 is 0 Å². The lowest BCUT2D eigenvalue weighted by Gasteiger charge is -2.34. The molecule has 1 aliphatic heterocycles. The van der Waals surface area contributed by atoms with Crippen LogP contribution in [0.5, 0.6) is 0 Å². The number of hydrogen-bond donors (Lipinski definition) is 3. The van der Waals surface area contributed by atoms with E-state index in [4.69, 9.17) is 4.55 Å². The second-order valence-corrected chi connectivity index (χ2v) is 9.95. The zero-order valence-corrected chi connectivity index (χ0v) is 19.7. The van der Waals surface area contributed by atoms with Crippen LogP contribution in [0.1, 0.15) is 71.1 Å². The van der Waals surface area contributed by atoms with E-state index in [9.17, 15) is 23.4 Å². The fraction of sp³-hybridized carbons (Fsp3) is 0.818. The quantitative estimate of drug-likeness (QED) is 0.125. The van der Waals surface area contributed by atoms with Crippen molar-refractivity contribution in [3.63, 3.8) is 0 Å². The minimum atomic E-state index is -4.33. The van der Waals surface area contributed by atoms with Gasteiger partial charge in [0.2, 0.25) is 5.78 Å². The summed E-state index contributed by atoms with van der Waals surface area (Å²) < 4.78 is 31.0. The van der Waals surface area contributed by atoms with Gasteiger partial charge in [0, 0.05) is 6.42 Å². The molecule has 0 aliphatic carbocycles. The van der Waals surface area contributed by atoms with E-state index in [0.29, 0.717) is 25.3 Å². The third-order valence-electron chi connectivity index (χ3n) is 5.65. The summed E-state index contributed by atoms with van der Waals surface area (Å²) in [5.74, 6) is -0.624. The van der Waals surface area contributed by atoms with Gasteiger partial charge in [-0.2, -0.15) is 8.42 Å². The molecule has 2 atom stereocenters. The summed E-state index contributed by atoms with van der Waals surface area (Å²) in [7, 11) is -4.33. The third kappa shape index (κ3) is 11.3. The minimum Gasteiger partial charge on any atom is -0.390 e. The monoisotopic (exact) mass is 461 g/mol. The molecule has 0 amide bonds. The zero-order chi connectivity index (χ0) is 23.2. The summed E-state index contributed by atoms with van der Waals surface area (Å²) in [5.41, 5.74) is 0. The maximum Gasteiger partial charge on any atom is 0.267 e. The normalized spacial score (nSPS) is 20.3. The maximum absolute atomic E-state index is 12.8. The zero-order valence-electron chi connectivity index (χ0n) is 18.9. The number of carbonyl (C=O) groups excluding carboxylic acids is 1. The molecule has 31 heavy (non-hydrogen) atoms. The average Bonchev–Trinajstić information content (AvgIpc) is 3.07. The summed E-state index contributed by atoms with van der Waals surface area (Å²) in [6.45, 7) is 2.91. The van der Waals surface area contributed by atoms with E-state index in [1.807, 2.05) is 0 Å². The average molecular weight is 462 g/mol. The van der Waals surface area contributed by atoms with Crippen LogP contribution in [0.4, 0.5) is 0 Å². The first-order valence-corrected chi connectivity index (χ1v) is 13.2. The van der Waals surface area contributed by atoms with Gasteiger partial charge >= 0.3 is 0 Å². The number of Topliss-reactive ketones (excluding diaryl/α,β-unsaturated/α-hetero) is 1. The van der Waals surface area contributed by atoms with E-state index in [1.165, 1.54) is 32.1 Å². The van der Waals surface area contributed by atoms with Gasteiger partial charge in [0.05, 0.1) is 13.2 Å². The van der Waals surface area contributed by atoms with Crippen LogP contribution in [0.2, 0.25) is 0 Å². The van der Waals surface area contributed by atoms with E-state index in [2.05, 4.69) is 24.1 Å². The Kier molecular flexibility index (Phi) is 13.4. The first-order valence-electron chi connectivity index (χ1n) is 11.6. The number of quaternary nitrogens is 1. The van der Waals surface area contributed by atoms with Gasteiger partial charge in [-0.15, -0.1) is 0 Å². The van der Waals surface area contributed by atoms with Crippen molar-refractivity contribution in [3.05, 3.63) is 12.2 Å². The van der Waals surface area contributed by atoms with E-state index in [1.54, 1.807) is 0 Å². The number of aliphatic hydroxyl groups is 2. The van der Waals surface area contributed by atoms with Gasteiger partial charge in [0.25, 0.3) is 16.0 Å². The second kappa shape index (κ2) is 14.8. The van der Waals surface area contributed by atoms with Crippen LogP contribution in [0.25, 0.3) is 0 Å². The Bertz CT molecular complexity index is 692. The molecule has 0 bridgehead atoms. The smallest absolute Gasteiger partial charge is 0.267 e. The summed E-state index contributed by atoms with van der Waals surface area (Å²) in [5, 5.41) is 19.6. The van der Waals surface area contributed by atoms with Crippen molar-refractivity contribution in [2.24, 2.45) is 4.99 Å². The first-order chi connectivity index (χ1) is 14.7. The van der Waals surface area contributed by atoms with Crippen LogP contribution in [0.3, 0.4) is 0 Å². The molecule has 0 saturated carbocycles. The molecule has 0 aromatic heterocycles. The molecule has 0 aromatic rings. The molecule has 0 fully saturated rings. The molecule has 2 unspecified atom stereocenters. The van der Waals surface area contributed by atoms with Crippen LogP contribution in [0.15, 0.2) is 17.1 Å². The van der Waals surface area contributed by atoms with Gasteiger partial charge in [0.1, 0.15) is 31.5 Å². The van der Waals surface area contributed by atoms with Crippen LogP contribution < -0.4 is 0 Å². The number of rotatable bonds is 18. The molecular formula is C22H41N2O6S+. The van der Waals surface area contributed by atoms with Crippen molar-refractivity contribution >= 4 is 21.7 Å². The third-order valence-corrected chi connectivity index (χ3v) is 6.45. The van der Waals surface area contributed by atoms with Crippen molar-refractivity contribution in [3.8, 4) is 0 Å². The molecule has 9 heteroatoms. The molecule has 0 radical (unpaired) electrons. The van der Waals surface area contributed by atoms with Crippen molar-refractivity contribution in [2.45, 2.75) is 77.2 Å². The van der Waals surface area contributed by atoms with Crippen molar-refractivity contribution in [2.75, 3.05) is 38.5 Å². The molecule has 1 rings (SSSR count). The number of hydrogen-bond acceptors (Lipinski definition) is 6. The standard InChI is InChI=1S/C22H40N2O6S/c1-2-3-4-5-6-7-8-9-10-11-12-13-21(27)22-23-14-15-24(22,16-17-25)18-20(26)19-31(28,29)30/h8-9,20,25-26H,2-7,10-19H2,1H3/p+1/b9-8+.